The van der Waals surface area contributed by atoms with Gasteiger partial charge in [0.25, 0.3) is 5.91 Å². The molecule has 0 radical (unpaired) electrons. The van der Waals surface area contributed by atoms with E-state index in [9.17, 15) is 14.7 Å². The van der Waals surface area contributed by atoms with Crippen molar-refractivity contribution in [3.05, 3.63) is 77.6 Å². The van der Waals surface area contributed by atoms with Crippen molar-refractivity contribution in [2.24, 2.45) is 5.73 Å². The number of nitrogens with zero attached hydrogens (tertiary/aromatic N) is 4. The summed E-state index contributed by atoms with van der Waals surface area (Å²) in [7, 11) is 1.60. The van der Waals surface area contributed by atoms with Crippen LogP contribution in [0.25, 0.3) is 5.65 Å². The van der Waals surface area contributed by atoms with E-state index in [1.807, 2.05) is 24.3 Å². The van der Waals surface area contributed by atoms with Gasteiger partial charge >= 0.3 is 0 Å². The van der Waals surface area contributed by atoms with E-state index in [4.69, 9.17) is 27.1 Å². The molecule has 13 heteroatoms. The van der Waals surface area contributed by atoms with Gasteiger partial charge in [0.1, 0.15) is 11.3 Å². The summed E-state index contributed by atoms with van der Waals surface area (Å²) < 4.78 is 7.31. The highest BCUT2D eigenvalue weighted by Crippen LogP contribution is 2.35. The second kappa shape index (κ2) is 12.4. The van der Waals surface area contributed by atoms with Gasteiger partial charge in [-0.25, -0.2) is 4.98 Å². The normalized spacial score (nSPS) is 13.5. The first-order valence-electron chi connectivity index (χ1n) is 13.3. The fourth-order valence-corrected chi connectivity index (χ4v) is 4.99. The Morgan fingerprint density at radius 2 is 2.02 bits per heavy atom. The first-order valence-corrected chi connectivity index (χ1v) is 13.7. The molecule has 12 nitrogen and oxygen atoms in total. The van der Waals surface area contributed by atoms with Gasteiger partial charge in [0.05, 0.1) is 29.6 Å². The van der Waals surface area contributed by atoms with Crippen LogP contribution in [0.5, 0.6) is 5.75 Å². The number of hydrogen-bond acceptors (Lipinski definition) is 9. The molecule has 0 aliphatic carbocycles. The van der Waals surface area contributed by atoms with Crippen molar-refractivity contribution in [1.29, 1.82) is 0 Å². The monoisotopic (exact) mass is 590 g/mol. The number of benzene rings is 2. The highest BCUT2D eigenvalue weighted by atomic mass is 35.5. The number of halogens is 1. The molecule has 0 unspecified atom stereocenters. The summed E-state index contributed by atoms with van der Waals surface area (Å²) >= 11 is 6.24. The maximum atomic E-state index is 12.6. The van der Waals surface area contributed by atoms with E-state index in [1.54, 1.807) is 36.0 Å². The number of primary amides is 1. The molecular weight excluding hydrogens is 560 g/mol. The maximum absolute atomic E-state index is 12.6. The Kier molecular flexibility index (Phi) is 8.46. The standard InChI is InChI=1S/C29H31ClN8O4/c1-3-24(40)35-21-14-17(4-6-20(21)30)16-33-29-36-27(25(26(31)41)28-32-10-13-38(28)29)34-18-5-7-22(23(15-18)42-2)37-11-8-19(39)9-12-37/h3-7,10,13-15,19,34,39H,1,8-9,11-12,16H2,2H3,(H2,31,41)(H,33,36)(H,35,40). The molecule has 2 amide bonds. The molecular formula is C29H31ClN8O4. The zero-order valence-electron chi connectivity index (χ0n) is 22.9. The summed E-state index contributed by atoms with van der Waals surface area (Å²) in [5, 5.41) is 19.4. The van der Waals surface area contributed by atoms with Gasteiger partial charge in [-0.15, -0.1) is 0 Å². The van der Waals surface area contributed by atoms with E-state index in [0.717, 1.165) is 30.4 Å². The number of imidazole rings is 1. The van der Waals surface area contributed by atoms with Crippen LogP contribution in [0.3, 0.4) is 0 Å². The van der Waals surface area contributed by atoms with Crippen LogP contribution in [0.1, 0.15) is 28.8 Å². The SMILES string of the molecule is C=CC(=O)Nc1cc(CNc2nc(Nc3ccc(N4CCC(O)CC4)c(OC)c3)c(C(N)=O)c3nccn23)ccc1Cl. The lowest BCUT2D eigenvalue weighted by Crippen LogP contribution is -2.35. The molecule has 2 aromatic carbocycles. The van der Waals surface area contributed by atoms with Crippen LogP contribution in [0.15, 0.2) is 61.4 Å². The number of nitrogens with two attached hydrogens (primary N) is 1. The number of ether oxygens (including phenoxy) is 1. The van der Waals surface area contributed by atoms with Crippen LogP contribution in [0.2, 0.25) is 5.02 Å². The van der Waals surface area contributed by atoms with Crippen molar-refractivity contribution in [1.82, 2.24) is 14.4 Å². The molecule has 1 aliphatic heterocycles. The van der Waals surface area contributed by atoms with Gasteiger partial charge in [0, 0.05) is 43.8 Å². The van der Waals surface area contributed by atoms with Crippen LogP contribution in [0.4, 0.5) is 28.8 Å². The largest absolute Gasteiger partial charge is 0.495 e. The number of carbonyl (C=O) groups excluding carboxylic acids is 2. The lowest BCUT2D eigenvalue weighted by atomic mass is 10.1. The Morgan fingerprint density at radius 1 is 1.24 bits per heavy atom. The van der Waals surface area contributed by atoms with Gasteiger partial charge in [0.2, 0.25) is 11.9 Å². The number of carbonyl (C=O) groups is 2. The fourth-order valence-electron chi connectivity index (χ4n) is 4.83. The van der Waals surface area contributed by atoms with Crippen molar-refractivity contribution >= 4 is 57.9 Å². The fraction of sp³-hybridized carbons (Fsp3) is 0.241. The summed E-state index contributed by atoms with van der Waals surface area (Å²) in [4.78, 5) is 35.6. The number of amides is 2. The van der Waals surface area contributed by atoms with E-state index >= 15 is 0 Å². The van der Waals surface area contributed by atoms with E-state index in [1.165, 1.54) is 0 Å². The van der Waals surface area contributed by atoms with Crippen molar-refractivity contribution < 1.29 is 19.4 Å². The Balaban J connectivity index is 1.44. The third-order valence-corrected chi connectivity index (χ3v) is 7.30. The van der Waals surface area contributed by atoms with Gasteiger partial charge in [-0.05, 0) is 48.7 Å². The number of rotatable bonds is 10. The number of fused-ring (bicyclic) bond motifs is 1. The second-order valence-electron chi connectivity index (χ2n) is 9.74. The molecule has 5 rings (SSSR count). The molecule has 0 bridgehead atoms. The lowest BCUT2D eigenvalue weighted by molar-refractivity contribution is -0.111. The predicted octanol–water partition coefficient (Wildman–Crippen LogP) is 3.93. The summed E-state index contributed by atoms with van der Waals surface area (Å²) in [6, 6.07) is 10.9. The average Bonchev–Trinajstić information content (AvgIpc) is 3.47. The van der Waals surface area contributed by atoms with Crippen LogP contribution in [-0.2, 0) is 11.3 Å². The molecule has 6 N–H and O–H groups in total. The number of aliphatic hydroxyl groups is 1. The molecule has 0 saturated carbocycles. The molecule has 218 valence electrons. The quantitative estimate of drug-likeness (QED) is 0.172. The third-order valence-electron chi connectivity index (χ3n) is 6.97. The van der Waals surface area contributed by atoms with Crippen LogP contribution >= 0.6 is 11.6 Å². The van der Waals surface area contributed by atoms with E-state index in [2.05, 4.69) is 32.4 Å². The zero-order chi connectivity index (χ0) is 29.8. The minimum absolute atomic E-state index is 0.125. The number of anilines is 5. The number of methoxy groups -OCH3 is 1. The number of nitrogens with one attached hydrogen (secondary N) is 3. The van der Waals surface area contributed by atoms with Gasteiger partial charge < -0.3 is 36.4 Å². The van der Waals surface area contributed by atoms with Crippen molar-refractivity contribution in [3.63, 3.8) is 0 Å². The molecule has 4 aromatic rings. The van der Waals surface area contributed by atoms with E-state index < -0.39 is 5.91 Å². The van der Waals surface area contributed by atoms with Crippen LogP contribution in [0, 0.1) is 0 Å². The van der Waals surface area contributed by atoms with Crippen LogP contribution < -0.4 is 31.3 Å². The molecule has 3 heterocycles. The summed E-state index contributed by atoms with van der Waals surface area (Å²) in [6.07, 6.45) is 5.49. The zero-order valence-corrected chi connectivity index (χ0v) is 23.7. The first-order chi connectivity index (χ1) is 20.3. The number of hydrogen-bond donors (Lipinski definition) is 5. The minimum atomic E-state index is -0.691. The van der Waals surface area contributed by atoms with Crippen molar-refractivity contribution in [3.8, 4) is 5.75 Å². The van der Waals surface area contributed by atoms with E-state index in [-0.39, 0.29) is 23.4 Å². The molecule has 0 atom stereocenters. The summed E-state index contributed by atoms with van der Waals surface area (Å²) in [5.41, 5.74) is 9.04. The van der Waals surface area contributed by atoms with Gasteiger partial charge in [0.15, 0.2) is 11.5 Å². The number of aromatic nitrogens is 3. The second-order valence-corrected chi connectivity index (χ2v) is 10.1. The Bertz CT molecular complexity index is 1650. The van der Waals surface area contributed by atoms with Gasteiger partial charge in [-0.2, -0.15) is 4.98 Å². The Labute approximate surface area is 247 Å². The molecule has 1 saturated heterocycles. The highest BCUT2D eigenvalue weighted by molar-refractivity contribution is 6.33. The summed E-state index contributed by atoms with van der Waals surface area (Å²) in [6.45, 7) is 5.22. The molecule has 42 heavy (non-hydrogen) atoms. The topological polar surface area (TPSA) is 159 Å². The van der Waals surface area contributed by atoms with Gasteiger partial charge in [-0.1, -0.05) is 24.2 Å². The Morgan fingerprint density at radius 3 is 2.74 bits per heavy atom. The number of aliphatic hydroxyl groups excluding tert-OH is 1. The van der Waals surface area contributed by atoms with E-state index in [0.29, 0.717) is 53.1 Å². The predicted molar refractivity (Wildman–Crippen MR) is 163 cm³/mol. The third kappa shape index (κ3) is 6.09. The molecule has 1 aliphatic rings. The number of piperidine rings is 1. The summed E-state index contributed by atoms with van der Waals surface area (Å²) in [5.74, 6) is 0.190. The average molecular weight is 591 g/mol. The van der Waals surface area contributed by atoms with Crippen molar-refractivity contribution in [2.75, 3.05) is 41.0 Å². The Hall–Kier alpha value is -4.81. The van der Waals surface area contributed by atoms with Crippen molar-refractivity contribution in [2.45, 2.75) is 25.5 Å². The maximum Gasteiger partial charge on any atom is 0.256 e. The van der Waals surface area contributed by atoms with Gasteiger partial charge in [-0.3, -0.25) is 14.0 Å². The molecule has 2 aromatic heterocycles. The minimum Gasteiger partial charge on any atom is -0.495 e. The highest BCUT2D eigenvalue weighted by Gasteiger charge is 2.22. The molecule has 1 fully saturated rings. The smallest absolute Gasteiger partial charge is 0.256 e. The first kappa shape index (κ1) is 28.7. The molecule has 0 spiro atoms. The lowest BCUT2D eigenvalue weighted by Gasteiger charge is -2.32. The van der Waals surface area contributed by atoms with Crippen LogP contribution in [-0.4, -0.2) is 57.6 Å².